The Bertz CT molecular complexity index is 490. The minimum atomic E-state index is -1.34. The third-order valence-electron chi connectivity index (χ3n) is 3.45. The van der Waals surface area contributed by atoms with E-state index in [2.05, 4.69) is 10.1 Å². The van der Waals surface area contributed by atoms with Crippen molar-refractivity contribution < 1.29 is 24.2 Å². The quantitative estimate of drug-likeness (QED) is 0.419. The van der Waals surface area contributed by atoms with Gasteiger partial charge in [0.25, 0.3) is 0 Å². The number of rotatable bonds is 3. The Morgan fingerprint density at radius 3 is 2.90 bits per heavy atom. The summed E-state index contributed by atoms with van der Waals surface area (Å²) < 4.78 is 4.53. The van der Waals surface area contributed by atoms with Gasteiger partial charge >= 0.3 is 5.97 Å². The number of aliphatic hydroxyl groups excluding tert-OH is 1. The molecule has 116 valence electrons. The number of amides is 2. The van der Waals surface area contributed by atoms with Crippen LogP contribution in [0.2, 0.25) is 0 Å². The van der Waals surface area contributed by atoms with Gasteiger partial charge < -0.3 is 25.8 Å². The van der Waals surface area contributed by atoms with E-state index >= 15 is 0 Å². The highest BCUT2D eigenvalue weighted by molar-refractivity contribution is 5.88. The van der Waals surface area contributed by atoms with Crippen molar-refractivity contribution in [3.63, 3.8) is 0 Å². The Labute approximate surface area is 121 Å². The number of carbonyl (C=O) groups is 3. The van der Waals surface area contributed by atoms with Gasteiger partial charge in [0.15, 0.2) is 0 Å². The van der Waals surface area contributed by atoms with E-state index in [0.29, 0.717) is 13.0 Å². The zero-order valence-electron chi connectivity index (χ0n) is 11.7. The van der Waals surface area contributed by atoms with E-state index in [1.54, 1.807) is 0 Å². The molecule has 2 rings (SSSR count). The molecule has 3 atom stereocenters. The average molecular weight is 297 g/mol. The highest BCUT2D eigenvalue weighted by atomic mass is 16.6. The molecular formula is C13H19N3O5. The van der Waals surface area contributed by atoms with Crippen molar-refractivity contribution in [1.29, 1.82) is 0 Å². The zero-order valence-corrected chi connectivity index (χ0v) is 11.7. The molecule has 2 amide bonds. The number of aliphatic hydroxyl groups is 1. The van der Waals surface area contributed by atoms with Crippen LogP contribution < -0.4 is 11.1 Å². The van der Waals surface area contributed by atoms with Crippen molar-refractivity contribution in [1.82, 2.24) is 10.2 Å². The summed E-state index contributed by atoms with van der Waals surface area (Å²) in [4.78, 5) is 36.3. The third kappa shape index (κ3) is 3.79. The molecule has 2 heterocycles. The SMILES string of the molecule is CC1=CCC(N)C(=O)N(CC(=O)NC2CC(=O)OC2O)C1. The Hall–Kier alpha value is -1.93. The number of hydrogen-bond donors (Lipinski definition) is 3. The van der Waals surface area contributed by atoms with Gasteiger partial charge in [0, 0.05) is 6.54 Å². The van der Waals surface area contributed by atoms with Crippen molar-refractivity contribution in [2.75, 3.05) is 13.1 Å². The Balaban J connectivity index is 1.93. The summed E-state index contributed by atoms with van der Waals surface area (Å²) in [5, 5.41) is 11.9. The van der Waals surface area contributed by atoms with Gasteiger partial charge in [-0.25, -0.2) is 0 Å². The minimum Gasteiger partial charge on any atom is -0.434 e. The molecule has 0 aromatic heterocycles. The number of esters is 1. The van der Waals surface area contributed by atoms with E-state index in [-0.39, 0.29) is 18.9 Å². The van der Waals surface area contributed by atoms with Crippen LogP contribution in [0.25, 0.3) is 0 Å². The fourth-order valence-corrected chi connectivity index (χ4v) is 2.33. The molecule has 2 aliphatic rings. The number of nitrogens with two attached hydrogens (primary N) is 1. The van der Waals surface area contributed by atoms with Crippen LogP contribution in [0.15, 0.2) is 11.6 Å². The van der Waals surface area contributed by atoms with Crippen LogP contribution in [-0.4, -0.2) is 59.3 Å². The van der Waals surface area contributed by atoms with E-state index in [1.807, 2.05) is 13.0 Å². The molecule has 2 aliphatic heterocycles. The maximum Gasteiger partial charge on any atom is 0.310 e. The molecule has 0 aromatic rings. The molecule has 21 heavy (non-hydrogen) atoms. The maximum atomic E-state index is 12.0. The molecule has 8 heteroatoms. The van der Waals surface area contributed by atoms with E-state index in [9.17, 15) is 19.5 Å². The maximum absolute atomic E-state index is 12.0. The van der Waals surface area contributed by atoms with Crippen molar-refractivity contribution in [2.24, 2.45) is 5.73 Å². The lowest BCUT2D eigenvalue weighted by atomic mass is 10.2. The summed E-state index contributed by atoms with van der Waals surface area (Å²) in [6.07, 6.45) is 0.907. The number of cyclic esters (lactones) is 1. The van der Waals surface area contributed by atoms with E-state index in [0.717, 1.165) is 5.57 Å². The summed E-state index contributed by atoms with van der Waals surface area (Å²) >= 11 is 0. The van der Waals surface area contributed by atoms with Gasteiger partial charge in [0.05, 0.1) is 19.0 Å². The van der Waals surface area contributed by atoms with Crippen molar-refractivity contribution in [3.05, 3.63) is 11.6 Å². The first kappa shape index (κ1) is 15.5. The normalized spacial score (nSPS) is 29.8. The topological polar surface area (TPSA) is 122 Å². The van der Waals surface area contributed by atoms with E-state index < -0.39 is 30.3 Å². The summed E-state index contributed by atoms with van der Waals surface area (Å²) in [5.41, 5.74) is 6.70. The van der Waals surface area contributed by atoms with Crippen LogP contribution in [0.3, 0.4) is 0 Å². The lowest BCUT2D eigenvalue weighted by Crippen LogP contribution is -2.50. The van der Waals surface area contributed by atoms with Gasteiger partial charge in [0.1, 0.15) is 6.04 Å². The highest BCUT2D eigenvalue weighted by Gasteiger charge is 2.35. The summed E-state index contributed by atoms with van der Waals surface area (Å²) in [6, 6.07) is -1.44. The van der Waals surface area contributed by atoms with Crippen LogP contribution in [-0.2, 0) is 19.1 Å². The van der Waals surface area contributed by atoms with Crippen LogP contribution in [0.5, 0.6) is 0 Å². The largest absolute Gasteiger partial charge is 0.434 e. The van der Waals surface area contributed by atoms with Gasteiger partial charge in [-0.05, 0) is 13.3 Å². The van der Waals surface area contributed by atoms with Crippen LogP contribution in [0.4, 0.5) is 0 Å². The first-order valence-corrected chi connectivity index (χ1v) is 6.73. The molecule has 0 saturated carbocycles. The molecule has 1 fully saturated rings. The van der Waals surface area contributed by atoms with Gasteiger partial charge in [-0.2, -0.15) is 0 Å². The Morgan fingerprint density at radius 2 is 2.29 bits per heavy atom. The summed E-state index contributed by atoms with van der Waals surface area (Å²) in [7, 11) is 0. The average Bonchev–Trinajstić information content (AvgIpc) is 2.66. The monoisotopic (exact) mass is 297 g/mol. The predicted octanol–water partition coefficient (Wildman–Crippen LogP) is -1.76. The van der Waals surface area contributed by atoms with Gasteiger partial charge in [0.2, 0.25) is 18.1 Å². The van der Waals surface area contributed by atoms with E-state index in [4.69, 9.17) is 5.73 Å². The second-order valence-electron chi connectivity index (χ2n) is 5.35. The van der Waals surface area contributed by atoms with Crippen molar-refractivity contribution in [3.8, 4) is 0 Å². The van der Waals surface area contributed by atoms with Crippen LogP contribution in [0.1, 0.15) is 19.8 Å². The van der Waals surface area contributed by atoms with E-state index in [1.165, 1.54) is 4.90 Å². The third-order valence-corrected chi connectivity index (χ3v) is 3.45. The molecule has 4 N–H and O–H groups in total. The van der Waals surface area contributed by atoms with Gasteiger partial charge in [-0.15, -0.1) is 0 Å². The number of carbonyl (C=O) groups excluding carboxylic acids is 3. The number of hydrogen-bond acceptors (Lipinski definition) is 6. The highest BCUT2D eigenvalue weighted by Crippen LogP contribution is 2.13. The Kier molecular flexibility index (Phi) is 4.59. The molecule has 0 spiro atoms. The first-order chi connectivity index (χ1) is 9.86. The second-order valence-corrected chi connectivity index (χ2v) is 5.35. The molecule has 3 unspecified atom stereocenters. The van der Waals surface area contributed by atoms with Gasteiger partial charge in [-0.1, -0.05) is 11.6 Å². The molecule has 0 radical (unpaired) electrons. The molecule has 0 aliphatic carbocycles. The number of nitrogens with one attached hydrogen (secondary N) is 1. The van der Waals surface area contributed by atoms with Gasteiger partial charge in [-0.3, -0.25) is 14.4 Å². The number of nitrogens with zero attached hydrogens (tertiary/aromatic N) is 1. The first-order valence-electron chi connectivity index (χ1n) is 6.73. The van der Waals surface area contributed by atoms with Crippen molar-refractivity contribution in [2.45, 2.75) is 38.1 Å². The second kappa shape index (κ2) is 6.23. The molecule has 0 aromatic carbocycles. The lowest BCUT2D eigenvalue weighted by Gasteiger charge is -2.24. The van der Waals surface area contributed by atoms with Crippen molar-refractivity contribution >= 4 is 17.8 Å². The zero-order chi connectivity index (χ0) is 15.6. The van der Waals surface area contributed by atoms with Crippen LogP contribution >= 0.6 is 0 Å². The number of ether oxygens (including phenoxy) is 1. The molecule has 1 saturated heterocycles. The lowest BCUT2D eigenvalue weighted by molar-refractivity contribution is -0.155. The smallest absolute Gasteiger partial charge is 0.310 e. The van der Waals surface area contributed by atoms with Crippen LogP contribution in [0, 0.1) is 0 Å². The molecule has 0 bridgehead atoms. The fraction of sp³-hybridized carbons (Fsp3) is 0.615. The minimum absolute atomic E-state index is 0.0840. The molecular weight excluding hydrogens is 278 g/mol. The summed E-state index contributed by atoms with van der Waals surface area (Å²) in [5.74, 6) is -1.33. The standard InChI is InChI=1S/C13H19N3O5/c1-7-2-3-8(14)12(19)16(5-7)6-10(17)15-9-4-11(18)21-13(9)20/h2,8-9,13,20H,3-6,14H2,1H3,(H,15,17). The summed E-state index contributed by atoms with van der Waals surface area (Å²) in [6.45, 7) is 2.03. The predicted molar refractivity (Wildman–Crippen MR) is 71.6 cm³/mol. The molecule has 8 nitrogen and oxygen atoms in total. The fourth-order valence-electron chi connectivity index (χ4n) is 2.33. The Morgan fingerprint density at radius 1 is 1.57 bits per heavy atom.